The van der Waals surface area contributed by atoms with E-state index < -0.39 is 12.3 Å². The van der Waals surface area contributed by atoms with Crippen molar-refractivity contribution < 1.29 is 14.3 Å². The van der Waals surface area contributed by atoms with Crippen LogP contribution < -0.4 is 0 Å². The summed E-state index contributed by atoms with van der Waals surface area (Å²) in [4.78, 5) is 11.2. The predicted octanol–water partition coefficient (Wildman–Crippen LogP) is 3.38. The Bertz CT molecular complexity index is 414. The summed E-state index contributed by atoms with van der Waals surface area (Å²) in [5, 5.41) is 0. The topological polar surface area (TPSA) is 35.5 Å². The number of carbonyl (C=O) groups is 1. The molecule has 0 aliphatic heterocycles. The Balaban J connectivity index is 2.63. The molecule has 0 saturated heterocycles. The van der Waals surface area contributed by atoms with E-state index in [1.807, 2.05) is 37.3 Å². The van der Waals surface area contributed by atoms with Crippen molar-refractivity contribution in [2.45, 2.75) is 32.8 Å². The van der Waals surface area contributed by atoms with Crippen molar-refractivity contribution in [2.24, 2.45) is 0 Å². The molecule has 0 bridgehead atoms. The quantitative estimate of drug-likeness (QED) is 0.603. The summed E-state index contributed by atoms with van der Waals surface area (Å²) in [5.74, 6) is 5.95. The summed E-state index contributed by atoms with van der Waals surface area (Å²) in [6, 6.07) is 9.61. The van der Waals surface area contributed by atoms with E-state index in [1.54, 1.807) is 6.92 Å². The van der Waals surface area contributed by atoms with Crippen LogP contribution in [0, 0.1) is 11.8 Å². The molecule has 0 heterocycles. The molecular weight excluding hydrogens is 228 g/mol. The number of benzene rings is 1. The van der Waals surface area contributed by atoms with E-state index in [0.717, 1.165) is 12.0 Å². The van der Waals surface area contributed by atoms with Gasteiger partial charge in [-0.05, 0) is 25.5 Å². The minimum Gasteiger partial charge on any atom is -0.435 e. The normalized spacial score (nSPS) is 11.0. The van der Waals surface area contributed by atoms with Crippen LogP contribution in [0.3, 0.4) is 0 Å². The molecule has 1 unspecified atom stereocenters. The molecule has 18 heavy (non-hydrogen) atoms. The van der Waals surface area contributed by atoms with Gasteiger partial charge in [0, 0.05) is 5.56 Å². The van der Waals surface area contributed by atoms with E-state index in [1.165, 1.54) is 0 Å². The molecule has 1 aromatic carbocycles. The van der Waals surface area contributed by atoms with Crippen molar-refractivity contribution in [1.82, 2.24) is 0 Å². The first kappa shape index (κ1) is 14.1. The van der Waals surface area contributed by atoms with Crippen LogP contribution in [0.25, 0.3) is 0 Å². The lowest BCUT2D eigenvalue weighted by atomic mass is 10.2. The third-order valence-corrected chi connectivity index (χ3v) is 2.20. The molecule has 3 nitrogen and oxygen atoms in total. The fourth-order valence-corrected chi connectivity index (χ4v) is 1.38. The van der Waals surface area contributed by atoms with Gasteiger partial charge in [0.05, 0.1) is 6.61 Å². The first-order chi connectivity index (χ1) is 8.76. The van der Waals surface area contributed by atoms with Crippen LogP contribution in [0.5, 0.6) is 0 Å². The summed E-state index contributed by atoms with van der Waals surface area (Å²) >= 11 is 0. The van der Waals surface area contributed by atoms with Crippen LogP contribution in [0.2, 0.25) is 0 Å². The number of ether oxygens (including phenoxy) is 2. The SMILES string of the molecule is CCCC(C#Cc1ccccc1)OC(=O)OCC. The highest BCUT2D eigenvalue weighted by Crippen LogP contribution is 2.04. The molecule has 3 heteroatoms. The molecule has 0 aliphatic rings. The Labute approximate surface area is 108 Å². The second kappa shape index (κ2) is 8.19. The van der Waals surface area contributed by atoms with Gasteiger partial charge < -0.3 is 9.47 Å². The lowest BCUT2D eigenvalue weighted by Gasteiger charge is -2.10. The molecule has 0 N–H and O–H groups in total. The van der Waals surface area contributed by atoms with Gasteiger partial charge in [0.25, 0.3) is 0 Å². The molecule has 0 saturated carbocycles. The van der Waals surface area contributed by atoms with E-state index in [0.29, 0.717) is 13.0 Å². The van der Waals surface area contributed by atoms with Crippen molar-refractivity contribution in [3.05, 3.63) is 35.9 Å². The molecule has 0 amide bonds. The molecule has 96 valence electrons. The zero-order valence-electron chi connectivity index (χ0n) is 10.8. The van der Waals surface area contributed by atoms with Crippen molar-refractivity contribution in [2.75, 3.05) is 6.61 Å². The van der Waals surface area contributed by atoms with Crippen LogP contribution in [0.1, 0.15) is 32.3 Å². The average molecular weight is 246 g/mol. The molecule has 0 radical (unpaired) electrons. The van der Waals surface area contributed by atoms with Crippen molar-refractivity contribution in [3.8, 4) is 11.8 Å². The van der Waals surface area contributed by atoms with Gasteiger partial charge in [-0.15, -0.1) is 0 Å². The van der Waals surface area contributed by atoms with E-state index in [2.05, 4.69) is 11.8 Å². The van der Waals surface area contributed by atoms with Crippen molar-refractivity contribution in [3.63, 3.8) is 0 Å². The second-order valence-corrected chi connectivity index (χ2v) is 3.71. The molecule has 0 spiro atoms. The molecular formula is C15H18O3. The summed E-state index contributed by atoms with van der Waals surface area (Å²) in [6.07, 6.45) is 0.541. The lowest BCUT2D eigenvalue weighted by Crippen LogP contribution is -2.17. The summed E-state index contributed by atoms with van der Waals surface area (Å²) < 4.78 is 9.86. The van der Waals surface area contributed by atoms with Crippen LogP contribution in [0.4, 0.5) is 4.79 Å². The lowest BCUT2D eigenvalue weighted by molar-refractivity contribution is 0.0408. The third-order valence-electron chi connectivity index (χ3n) is 2.20. The predicted molar refractivity (Wildman–Crippen MR) is 70.1 cm³/mol. The van der Waals surface area contributed by atoms with Gasteiger partial charge in [-0.3, -0.25) is 0 Å². The molecule has 0 aliphatic carbocycles. The minimum absolute atomic E-state index is 0.309. The Morgan fingerprint density at radius 3 is 2.61 bits per heavy atom. The smallest absolute Gasteiger partial charge is 0.435 e. The molecule has 1 aromatic rings. The maximum absolute atomic E-state index is 11.2. The molecule has 0 aromatic heterocycles. The fourth-order valence-electron chi connectivity index (χ4n) is 1.38. The van der Waals surface area contributed by atoms with E-state index in [4.69, 9.17) is 9.47 Å². The van der Waals surface area contributed by atoms with Gasteiger partial charge >= 0.3 is 6.16 Å². The van der Waals surface area contributed by atoms with Crippen LogP contribution in [-0.2, 0) is 9.47 Å². The number of hydrogen-bond donors (Lipinski definition) is 0. The summed E-state index contributed by atoms with van der Waals surface area (Å²) in [7, 11) is 0. The second-order valence-electron chi connectivity index (χ2n) is 3.71. The van der Waals surface area contributed by atoms with Crippen LogP contribution in [0.15, 0.2) is 30.3 Å². The zero-order chi connectivity index (χ0) is 13.2. The third kappa shape index (κ3) is 5.40. The standard InChI is InChI=1S/C15H18O3/c1-3-8-14(18-15(16)17-4-2)12-11-13-9-6-5-7-10-13/h5-7,9-10,14H,3-4,8H2,1-2H3. The molecule has 1 rings (SSSR count). The van der Waals surface area contributed by atoms with Crippen molar-refractivity contribution >= 4 is 6.16 Å². The number of carbonyl (C=O) groups excluding carboxylic acids is 1. The van der Waals surface area contributed by atoms with Gasteiger partial charge in [-0.25, -0.2) is 4.79 Å². The number of hydrogen-bond acceptors (Lipinski definition) is 3. The van der Waals surface area contributed by atoms with Gasteiger partial charge in [0.1, 0.15) is 0 Å². The molecule has 0 fully saturated rings. The van der Waals surface area contributed by atoms with Gasteiger partial charge in [0.2, 0.25) is 0 Å². The fraction of sp³-hybridized carbons (Fsp3) is 0.400. The Morgan fingerprint density at radius 2 is 2.00 bits per heavy atom. The Hall–Kier alpha value is -1.95. The highest BCUT2D eigenvalue weighted by molar-refractivity contribution is 5.60. The highest BCUT2D eigenvalue weighted by atomic mass is 16.7. The maximum Gasteiger partial charge on any atom is 0.509 e. The van der Waals surface area contributed by atoms with Crippen LogP contribution >= 0.6 is 0 Å². The van der Waals surface area contributed by atoms with E-state index >= 15 is 0 Å². The maximum atomic E-state index is 11.2. The first-order valence-electron chi connectivity index (χ1n) is 6.16. The first-order valence-corrected chi connectivity index (χ1v) is 6.16. The largest absolute Gasteiger partial charge is 0.509 e. The van der Waals surface area contributed by atoms with Gasteiger partial charge in [0.15, 0.2) is 6.10 Å². The zero-order valence-corrected chi connectivity index (χ0v) is 10.8. The minimum atomic E-state index is -0.654. The Kier molecular flexibility index (Phi) is 6.42. The van der Waals surface area contributed by atoms with Crippen LogP contribution in [-0.4, -0.2) is 18.9 Å². The summed E-state index contributed by atoms with van der Waals surface area (Å²) in [5.41, 5.74) is 0.908. The molecule has 1 atom stereocenters. The van der Waals surface area contributed by atoms with E-state index in [-0.39, 0.29) is 0 Å². The Morgan fingerprint density at radius 1 is 1.28 bits per heavy atom. The summed E-state index contributed by atoms with van der Waals surface area (Å²) in [6.45, 7) is 4.07. The number of rotatable bonds is 4. The monoisotopic (exact) mass is 246 g/mol. The van der Waals surface area contributed by atoms with E-state index in [9.17, 15) is 4.79 Å². The van der Waals surface area contributed by atoms with Gasteiger partial charge in [-0.2, -0.15) is 0 Å². The average Bonchev–Trinajstić information content (AvgIpc) is 2.38. The highest BCUT2D eigenvalue weighted by Gasteiger charge is 2.11. The van der Waals surface area contributed by atoms with Crippen molar-refractivity contribution in [1.29, 1.82) is 0 Å². The van der Waals surface area contributed by atoms with Gasteiger partial charge in [-0.1, -0.05) is 43.4 Å².